The van der Waals surface area contributed by atoms with Crippen LogP contribution in [0.15, 0.2) is 52.4 Å². The molecule has 0 aliphatic carbocycles. The molecule has 156 valence electrons. The first kappa shape index (κ1) is 21.2. The number of hydrazone groups is 1. The number of aryl methyl sites for hydroxylation is 2. The van der Waals surface area contributed by atoms with Gasteiger partial charge in [0, 0.05) is 5.41 Å². The van der Waals surface area contributed by atoms with Crippen LogP contribution in [0.25, 0.3) is 0 Å². The number of aromatic nitrogens is 3. The maximum atomic E-state index is 12.1. The predicted octanol–water partition coefficient (Wildman–Crippen LogP) is 4.10. The summed E-state index contributed by atoms with van der Waals surface area (Å²) in [5.74, 6) is 0.978. The molecule has 0 unspecified atom stereocenters. The van der Waals surface area contributed by atoms with Gasteiger partial charge < -0.3 is 4.74 Å². The van der Waals surface area contributed by atoms with E-state index in [0.29, 0.717) is 12.3 Å². The Morgan fingerprint density at radius 1 is 1.10 bits per heavy atom. The fraction of sp³-hybridized carbons (Fsp3) is 0.304. The molecule has 0 atom stereocenters. The first-order chi connectivity index (χ1) is 14.2. The minimum Gasteiger partial charge on any atom is -0.489 e. The fourth-order valence-electron chi connectivity index (χ4n) is 2.86. The SMILES string of the molecule is Cc1ccc(COc2ccc(/C=N/Nc3nnc(C(C)(C)C)c(=O)[nH]3)cc2)c(C)c1. The highest BCUT2D eigenvalue weighted by Gasteiger charge is 2.20. The van der Waals surface area contributed by atoms with Crippen LogP contribution >= 0.6 is 0 Å². The molecule has 3 rings (SSSR count). The Morgan fingerprint density at radius 3 is 2.47 bits per heavy atom. The molecule has 7 nitrogen and oxygen atoms in total. The van der Waals surface area contributed by atoms with Crippen molar-refractivity contribution in [2.45, 2.75) is 46.6 Å². The van der Waals surface area contributed by atoms with Crippen LogP contribution in [-0.2, 0) is 12.0 Å². The first-order valence-corrected chi connectivity index (χ1v) is 9.78. The third kappa shape index (κ3) is 5.53. The molecule has 30 heavy (non-hydrogen) atoms. The normalized spacial score (nSPS) is 11.6. The second-order valence-corrected chi connectivity index (χ2v) is 8.26. The summed E-state index contributed by atoms with van der Waals surface area (Å²) in [6, 6.07) is 13.9. The maximum Gasteiger partial charge on any atom is 0.274 e. The number of H-pyrrole nitrogens is 1. The van der Waals surface area contributed by atoms with E-state index in [4.69, 9.17) is 4.74 Å². The van der Waals surface area contributed by atoms with Crippen molar-refractivity contribution in [1.82, 2.24) is 15.2 Å². The van der Waals surface area contributed by atoms with Crippen LogP contribution in [0.2, 0.25) is 0 Å². The quantitative estimate of drug-likeness (QED) is 0.476. The van der Waals surface area contributed by atoms with Gasteiger partial charge in [-0.25, -0.2) is 5.43 Å². The van der Waals surface area contributed by atoms with Crippen molar-refractivity contribution < 1.29 is 4.74 Å². The molecule has 1 aromatic heterocycles. The van der Waals surface area contributed by atoms with Crippen molar-refractivity contribution >= 4 is 12.2 Å². The highest BCUT2D eigenvalue weighted by Crippen LogP contribution is 2.17. The molecule has 0 aliphatic heterocycles. The highest BCUT2D eigenvalue weighted by atomic mass is 16.5. The molecule has 7 heteroatoms. The molecule has 0 saturated heterocycles. The van der Waals surface area contributed by atoms with E-state index in [-0.39, 0.29) is 16.9 Å². The van der Waals surface area contributed by atoms with Crippen molar-refractivity contribution in [3.63, 3.8) is 0 Å². The van der Waals surface area contributed by atoms with E-state index < -0.39 is 0 Å². The number of nitrogens with zero attached hydrogens (tertiary/aromatic N) is 3. The first-order valence-electron chi connectivity index (χ1n) is 9.78. The molecule has 2 aromatic carbocycles. The molecule has 0 saturated carbocycles. The zero-order valence-corrected chi connectivity index (χ0v) is 18.0. The zero-order valence-electron chi connectivity index (χ0n) is 18.0. The van der Waals surface area contributed by atoms with Crippen LogP contribution < -0.4 is 15.7 Å². The number of benzene rings is 2. The highest BCUT2D eigenvalue weighted by molar-refractivity contribution is 5.80. The summed E-state index contributed by atoms with van der Waals surface area (Å²) in [5.41, 5.74) is 6.94. The van der Waals surface area contributed by atoms with Gasteiger partial charge in [-0.05, 0) is 54.8 Å². The van der Waals surface area contributed by atoms with E-state index in [0.717, 1.165) is 11.3 Å². The van der Waals surface area contributed by atoms with Crippen LogP contribution in [0, 0.1) is 13.8 Å². The van der Waals surface area contributed by atoms with Crippen LogP contribution in [-0.4, -0.2) is 21.4 Å². The number of ether oxygens (including phenoxy) is 1. The fourth-order valence-corrected chi connectivity index (χ4v) is 2.86. The Kier molecular flexibility index (Phi) is 6.30. The van der Waals surface area contributed by atoms with E-state index in [9.17, 15) is 4.79 Å². The molecule has 1 heterocycles. The van der Waals surface area contributed by atoms with Crippen LogP contribution in [0.1, 0.15) is 48.7 Å². The van der Waals surface area contributed by atoms with Gasteiger partial charge in [0.15, 0.2) is 0 Å². The number of aromatic amines is 1. The summed E-state index contributed by atoms with van der Waals surface area (Å²) in [6.45, 7) is 10.4. The minimum absolute atomic E-state index is 0.192. The largest absolute Gasteiger partial charge is 0.489 e. The average Bonchev–Trinajstić information content (AvgIpc) is 2.67. The van der Waals surface area contributed by atoms with E-state index in [1.54, 1.807) is 6.21 Å². The second kappa shape index (κ2) is 8.90. The summed E-state index contributed by atoms with van der Waals surface area (Å²) in [5, 5.41) is 12.1. The van der Waals surface area contributed by atoms with Gasteiger partial charge >= 0.3 is 0 Å². The van der Waals surface area contributed by atoms with Gasteiger partial charge in [-0.2, -0.15) is 5.10 Å². The molecular weight excluding hydrogens is 378 g/mol. The van der Waals surface area contributed by atoms with Gasteiger partial charge in [0.05, 0.1) is 6.21 Å². The molecule has 3 aromatic rings. The van der Waals surface area contributed by atoms with Crippen molar-refractivity contribution in [3.8, 4) is 5.75 Å². The molecule has 2 N–H and O–H groups in total. The number of nitrogens with one attached hydrogen (secondary N) is 2. The second-order valence-electron chi connectivity index (χ2n) is 8.26. The molecular formula is C23H27N5O2. The van der Waals surface area contributed by atoms with Crippen molar-refractivity contribution in [3.05, 3.63) is 80.8 Å². The molecule has 0 spiro atoms. The third-order valence-corrected chi connectivity index (χ3v) is 4.56. The predicted molar refractivity (Wildman–Crippen MR) is 119 cm³/mol. The van der Waals surface area contributed by atoms with Gasteiger partial charge in [-0.1, -0.05) is 44.5 Å². The van der Waals surface area contributed by atoms with Crippen LogP contribution in [0.4, 0.5) is 5.95 Å². The molecule has 0 amide bonds. The Morgan fingerprint density at radius 2 is 1.83 bits per heavy atom. The average molecular weight is 406 g/mol. The molecule has 0 radical (unpaired) electrons. The monoisotopic (exact) mass is 405 g/mol. The van der Waals surface area contributed by atoms with Gasteiger partial charge in [0.25, 0.3) is 5.56 Å². The van der Waals surface area contributed by atoms with Crippen molar-refractivity contribution in [2.24, 2.45) is 5.10 Å². The maximum absolute atomic E-state index is 12.1. The number of hydrogen-bond acceptors (Lipinski definition) is 6. The Bertz CT molecular complexity index is 1100. The zero-order chi connectivity index (χ0) is 21.7. The molecule has 0 fully saturated rings. The standard InChI is InChI=1S/C23H27N5O2/c1-15-6-9-18(16(2)12-15)14-30-19-10-7-17(8-11-19)13-24-27-22-25-21(29)20(26-28-22)23(3,4)5/h6-13H,14H2,1-5H3,(H2,25,27,28,29)/b24-13+. The van der Waals surface area contributed by atoms with Gasteiger partial charge in [-0.15, -0.1) is 10.2 Å². The minimum atomic E-state index is -0.371. The third-order valence-electron chi connectivity index (χ3n) is 4.56. The lowest BCUT2D eigenvalue weighted by atomic mass is 9.93. The summed E-state index contributed by atoms with van der Waals surface area (Å²) in [7, 11) is 0. The van der Waals surface area contributed by atoms with E-state index in [1.165, 1.54) is 16.7 Å². The smallest absolute Gasteiger partial charge is 0.274 e. The van der Waals surface area contributed by atoms with Gasteiger partial charge in [0.1, 0.15) is 18.1 Å². The molecule has 0 aliphatic rings. The summed E-state index contributed by atoms with van der Waals surface area (Å²) in [4.78, 5) is 14.7. The van der Waals surface area contributed by atoms with E-state index in [1.807, 2.05) is 45.0 Å². The number of hydrogen-bond donors (Lipinski definition) is 2. The number of rotatable bonds is 6. The Hall–Kier alpha value is -3.48. The lowest BCUT2D eigenvalue weighted by molar-refractivity contribution is 0.305. The summed E-state index contributed by atoms with van der Waals surface area (Å²) < 4.78 is 5.88. The lowest BCUT2D eigenvalue weighted by Gasteiger charge is -2.15. The Labute approximate surface area is 176 Å². The van der Waals surface area contributed by atoms with E-state index >= 15 is 0 Å². The number of anilines is 1. The topological polar surface area (TPSA) is 92.3 Å². The summed E-state index contributed by atoms with van der Waals surface area (Å²) in [6.07, 6.45) is 1.63. The van der Waals surface area contributed by atoms with Crippen molar-refractivity contribution in [1.29, 1.82) is 0 Å². The lowest BCUT2D eigenvalue weighted by Crippen LogP contribution is -2.28. The Balaban J connectivity index is 1.57. The van der Waals surface area contributed by atoms with Gasteiger partial charge in [-0.3, -0.25) is 9.78 Å². The van der Waals surface area contributed by atoms with Crippen molar-refractivity contribution in [2.75, 3.05) is 5.43 Å². The van der Waals surface area contributed by atoms with Gasteiger partial charge in [0.2, 0.25) is 5.95 Å². The van der Waals surface area contributed by atoms with Crippen LogP contribution in [0.5, 0.6) is 5.75 Å². The molecule has 0 bridgehead atoms. The summed E-state index contributed by atoms with van der Waals surface area (Å²) >= 11 is 0. The van der Waals surface area contributed by atoms with E-state index in [2.05, 4.69) is 57.8 Å². The van der Waals surface area contributed by atoms with Crippen LogP contribution in [0.3, 0.4) is 0 Å².